The number of carboxylic acid groups (broad SMARTS) is 1. The summed E-state index contributed by atoms with van der Waals surface area (Å²) in [6.45, 7) is 6.17. The second kappa shape index (κ2) is 8.62. The van der Waals surface area contributed by atoms with Gasteiger partial charge < -0.3 is 9.90 Å². The van der Waals surface area contributed by atoms with Gasteiger partial charge in [-0.15, -0.1) is 0 Å². The van der Waals surface area contributed by atoms with E-state index in [2.05, 4.69) is 51.1 Å². The van der Waals surface area contributed by atoms with Gasteiger partial charge in [0.1, 0.15) is 0 Å². The van der Waals surface area contributed by atoms with E-state index in [4.69, 9.17) is 9.90 Å². The summed E-state index contributed by atoms with van der Waals surface area (Å²) < 4.78 is 0. The fraction of sp³-hybridized carbons (Fsp3) is 0.364. The molecule has 0 aliphatic heterocycles. The molecule has 0 aliphatic rings. The van der Waals surface area contributed by atoms with Gasteiger partial charge in [0.15, 0.2) is 0 Å². The molecular formula is C11H15KO2. The maximum absolute atomic E-state index is 8.25. The van der Waals surface area contributed by atoms with Crippen molar-refractivity contribution in [1.82, 2.24) is 0 Å². The molecule has 0 heterocycles. The monoisotopic (exact) mass is 218 g/mol. The van der Waals surface area contributed by atoms with Crippen molar-refractivity contribution >= 4 is 6.47 Å². The topological polar surface area (TPSA) is 40.1 Å². The smallest absolute Gasteiger partial charge is 0.554 e. The van der Waals surface area contributed by atoms with Crippen molar-refractivity contribution in [2.75, 3.05) is 0 Å². The molecule has 0 amide bonds. The maximum Gasteiger partial charge on any atom is 1.00 e. The zero-order chi connectivity index (χ0) is 10.3. The Hall–Kier alpha value is 0.326. The average Bonchev–Trinajstić information content (AvgIpc) is 2.06. The molecule has 72 valence electrons. The fourth-order valence-electron chi connectivity index (χ4n) is 0.938. The van der Waals surface area contributed by atoms with Crippen LogP contribution in [0.1, 0.15) is 26.3 Å². The molecule has 0 fully saturated rings. The van der Waals surface area contributed by atoms with E-state index in [1.165, 1.54) is 5.56 Å². The standard InChI is InChI=1S/C10H14.CH2O2.K/c1-10(2,3)9-7-5-4-6-8-9;2-1-3;/h4-8H,1-3H3;1H,(H,2,3);/q;;+1/p-1. The number of hydrogen-bond donors (Lipinski definition) is 0. The van der Waals surface area contributed by atoms with Gasteiger partial charge in [0.25, 0.3) is 0 Å². The van der Waals surface area contributed by atoms with Crippen LogP contribution >= 0.6 is 0 Å². The van der Waals surface area contributed by atoms with Gasteiger partial charge in [0.2, 0.25) is 0 Å². The van der Waals surface area contributed by atoms with Gasteiger partial charge >= 0.3 is 51.4 Å². The number of carbonyl (C=O) groups is 1. The summed E-state index contributed by atoms with van der Waals surface area (Å²) >= 11 is 0. The first-order valence-electron chi connectivity index (χ1n) is 4.13. The molecule has 2 nitrogen and oxygen atoms in total. The van der Waals surface area contributed by atoms with E-state index in [0.29, 0.717) is 5.41 Å². The van der Waals surface area contributed by atoms with Gasteiger partial charge in [-0.3, -0.25) is 0 Å². The Balaban J connectivity index is 0. The van der Waals surface area contributed by atoms with E-state index < -0.39 is 6.47 Å². The first-order valence-corrected chi connectivity index (χ1v) is 4.13. The van der Waals surface area contributed by atoms with Gasteiger partial charge in [-0.1, -0.05) is 51.1 Å². The van der Waals surface area contributed by atoms with Crippen LogP contribution in [0.15, 0.2) is 30.3 Å². The molecule has 0 spiro atoms. The summed E-state index contributed by atoms with van der Waals surface area (Å²) in [5, 5.41) is 8.25. The Morgan fingerprint density at radius 1 is 1.14 bits per heavy atom. The molecule has 14 heavy (non-hydrogen) atoms. The summed E-state index contributed by atoms with van der Waals surface area (Å²) in [7, 11) is 0. The molecule has 1 rings (SSSR count). The Morgan fingerprint density at radius 3 is 1.71 bits per heavy atom. The average molecular weight is 218 g/mol. The fourth-order valence-corrected chi connectivity index (χ4v) is 0.938. The molecule has 0 atom stereocenters. The van der Waals surface area contributed by atoms with Gasteiger partial charge in [-0.2, -0.15) is 0 Å². The van der Waals surface area contributed by atoms with Crippen molar-refractivity contribution in [2.24, 2.45) is 0 Å². The molecule has 1 aromatic rings. The number of hydrogen-bond acceptors (Lipinski definition) is 2. The number of rotatable bonds is 0. The van der Waals surface area contributed by atoms with Crippen molar-refractivity contribution in [3.05, 3.63) is 35.9 Å². The third kappa shape index (κ3) is 7.70. The zero-order valence-corrected chi connectivity index (χ0v) is 12.4. The normalized spacial score (nSPS) is 9.07. The predicted octanol–water partition coefficient (Wildman–Crippen LogP) is -1.65. The number of benzene rings is 1. The van der Waals surface area contributed by atoms with Crippen molar-refractivity contribution < 1.29 is 61.3 Å². The predicted molar refractivity (Wildman–Crippen MR) is 51.2 cm³/mol. The van der Waals surface area contributed by atoms with Crippen LogP contribution in [-0.2, 0) is 10.2 Å². The largest absolute Gasteiger partial charge is 1.00 e. The second-order valence-electron chi connectivity index (χ2n) is 3.71. The molecule has 0 unspecified atom stereocenters. The first-order chi connectivity index (χ1) is 6.02. The van der Waals surface area contributed by atoms with Crippen molar-refractivity contribution in [2.45, 2.75) is 26.2 Å². The Labute approximate surface area is 128 Å². The summed E-state index contributed by atoms with van der Waals surface area (Å²) in [6, 6.07) is 10.6. The molecule has 0 aliphatic carbocycles. The molecule has 0 radical (unpaired) electrons. The zero-order valence-electron chi connectivity index (χ0n) is 9.28. The SMILES string of the molecule is CC(C)(C)c1ccccc1.O=C[O-].[K+]. The van der Waals surface area contributed by atoms with E-state index in [0.717, 1.165) is 0 Å². The quantitative estimate of drug-likeness (QED) is 0.387. The van der Waals surface area contributed by atoms with E-state index in [1.54, 1.807) is 0 Å². The third-order valence-corrected chi connectivity index (χ3v) is 1.64. The van der Waals surface area contributed by atoms with E-state index in [9.17, 15) is 0 Å². The minimum Gasteiger partial charge on any atom is -0.554 e. The van der Waals surface area contributed by atoms with Crippen molar-refractivity contribution in [3.63, 3.8) is 0 Å². The second-order valence-corrected chi connectivity index (χ2v) is 3.71. The van der Waals surface area contributed by atoms with Crippen LogP contribution in [0.25, 0.3) is 0 Å². The Kier molecular flexibility index (Phi) is 10.3. The Bertz CT molecular complexity index is 239. The van der Waals surface area contributed by atoms with Gasteiger partial charge in [-0.05, 0) is 11.0 Å². The summed E-state index contributed by atoms with van der Waals surface area (Å²) in [6.07, 6.45) is 0. The van der Waals surface area contributed by atoms with E-state index >= 15 is 0 Å². The molecular weight excluding hydrogens is 203 g/mol. The van der Waals surface area contributed by atoms with Crippen LogP contribution < -0.4 is 56.5 Å². The van der Waals surface area contributed by atoms with Crippen LogP contribution in [0.5, 0.6) is 0 Å². The van der Waals surface area contributed by atoms with Gasteiger partial charge in [-0.25, -0.2) is 0 Å². The van der Waals surface area contributed by atoms with Crippen LogP contribution in [-0.4, -0.2) is 6.47 Å². The van der Waals surface area contributed by atoms with E-state index in [1.807, 2.05) is 0 Å². The minimum absolute atomic E-state index is 0. The van der Waals surface area contributed by atoms with Crippen molar-refractivity contribution in [3.8, 4) is 0 Å². The molecule has 0 saturated heterocycles. The molecule has 0 bridgehead atoms. The first kappa shape index (κ1) is 16.7. The minimum atomic E-state index is -0.500. The maximum atomic E-state index is 8.25. The Morgan fingerprint density at radius 2 is 1.50 bits per heavy atom. The number of carbonyl (C=O) groups excluding carboxylic acids is 1. The third-order valence-electron chi connectivity index (χ3n) is 1.64. The van der Waals surface area contributed by atoms with Gasteiger partial charge in [0.05, 0.1) is 0 Å². The van der Waals surface area contributed by atoms with E-state index in [-0.39, 0.29) is 51.4 Å². The molecule has 1 aromatic carbocycles. The summed E-state index contributed by atoms with van der Waals surface area (Å²) in [5.74, 6) is 0. The van der Waals surface area contributed by atoms with Crippen LogP contribution in [0.2, 0.25) is 0 Å². The molecule has 0 N–H and O–H groups in total. The van der Waals surface area contributed by atoms with Crippen molar-refractivity contribution in [1.29, 1.82) is 0 Å². The molecule has 3 heteroatoms. The summed E-state index contributed by atoms with van der Waals surface area (Å²) in [4.78, 5) is 8.25. The van der Waals surface area contributed by atoms with Crippen LogP contribution in [0, 0.1) is 0 Å². The van der Waals surface area contributed by atoms with Crippen LogP contribution in [0.4, 0.5) is 0 Å². The van der Waals surface area contributed by atoms with Gasteiger partial charge in [0, 0.05) is 6.47 Å². The molecule has 0 saturated carbocycles. The van der Waals surface area contributed by atoms with Crippen LogP contribution in [0.3, 0.4) is 0 Å². The molecule has 0 aromatic heterocycles. The summed E-state index contributed by atoms with van der Waals surface area (Å²) in [5.41, 5.74) is 1.69.